The summed E-state index contributed by atoms with van der Waals surface area (Å²) < 4.78 is 0. The van der Waals surface area contributed by atoms with Gasteiger partial charge in [0.05, 0.1) is 0 Å². The molecule has 1 atom stereocenters. The molecule has 0 heterocycles. The monoisotopic (exact) mass is 200 g/mol. The van der Waals surface area contributed by atoms with E-state index in [4.69, 9.17) is 0 Å². The summed E-state index contributed by atoms with van der Waals surface area (Å²) in [6.45, 7) is 12.8. The quantitative estimate of drug-likeness (QED) is 0.647. The van der Waals surface area contributed by atoms with Gasteiger partial charge in [-0.25, -0.2) is 0 Å². The van der Waals surface area contributed by atoms with Crippen molar-refractivity contribution in [3.8, 4) is 0 Å². The van der Waals surface area contributed by atoms with E-state index in [9.17, 15) is 0 Å². The molecular weight excluding hydrogens is 172 g/mol. The number of rotatable bonds is 8. The van der Waals surface area contributed by atoms with Crippen molar-refractivity contribution in [3.63, 3.8) is 0 Å². The maximum absolute atomic E-state index is 3.41. The van der Waals surface area contributed by atoms with Gasteiger partial charge in [0.15, 0.2) is 0 Å². The Morgan fingerprint density at radius 3 is 1.86 bits per heavy atom. The number of nitrogens with one attached hydrogen (secondary N) is 1. The van der Waals surface area contributed by atoms with Crippen LogP contribution in [0.2, 0.25) is 0 Å². The van der Waals surface area contributed by atoms with Gasteiger partial charge in [-0.15, -0.1) is 0 Å². The standard InChI is InChI=1S/C12H28N2/c1-6-8-14(9-7-2)10-12(13-5)11(3)4/h11-13H,6-10H2,1-5H3. The molecule has 0 aromatic heterocycles. The topological polar surface area (TPSA) is 15.3 Å². The van der Waals surface area contributed by atoms with Crippen molar-refractivity contribution in [2.45, 2.75) is 46.6 Å². The molecule has 1 N–H and O–H groups in total. The van der Waals surface area contributed by atoms with E-state index in [1.54, 1.807) is 0 Å². The Morgan fingerprint density at radius 2 is 1.57 bits per heavy atom. The third kappa shape index (κ3) is 5.61. The first kappa shape index (κ1) is 13.9. The van der Waals surface area contributed by atoms with Gasteiger partial charge < -0.3 is 10.2 Å². The van der Waals surface area contributed by atoms with Crippen LogP contribution < -0.4 is 5.32 Å². The molecule has 0 amide bonds. The number of likely N-dealkylation sites (N-methyl/N-ethyl adjacent to an activating group) is 1. The summed E-state index contributed by atoms with van der Waals surface area (Å²) in [4.78, 5) is 2.57. The number of hydrogen-bond acceptors (Lipinski definition) is 2. The van der Waals surface area contributed by atoms with E-state index in [1.165, 1.54) is 32.5 Å². The second-order valence-electron chi connectivity index (χ2n) is 4.44. The lowest BCUT2D eigenvalue weighted by Crippen LogP contribution is -2.43. The molecule has 0 aliphatic rings. The van der Waals surface area contributed by atoms with Gasteiger partial charge >= 0.3 is 0 Å². The summed E-state index contributed by atoms with van der Waals surface area (Å²) in [6, 6.07) is 0.632. The molecule has 0 rings (SSSR count). The van der Waals surface area contributed by atoms with Crippen LogP contribution in [0, 0.1) is 5.92 Å². The zero-order valence-corrected chi connectivity index (χ0v) is 10.6. The molecule has 0 aromatic rings. The first-order chi connectivity index (χ1) is 6.65. The van der Waals surface area contributed by atoms with Gasteiger partial charge in [-0.1, -0.05) is 27.7 Å². The Kier molecular flexibility index (Phi) is 8.20. The second kappa shape index (κ2) is 8.25. The lowest BCUT2D eigenvalue weighted by molar-refractivity contribution is 0.223. The fourth-order valence-electron chi connectivity index (χ4n) is 1.84. The minimum atomic E-state index is 0.632. The normalized spacial score (nSPS) is 13.9. The van der Waals surface area contributed by atoms with Crippen molar-refractivity contribution >= 4 is 0 Å². The number of hydrogen-bond donors (Lipinski definition) is 1. The maximum atomic E-state index is 3.41. The molecule has 0 aliphatic heterocycles. The highest BCUT2D eigenvalue weighted by molar-refractivity contribution is 4.73. The van der Waals surface area contributed by atoms with E-state index < -0.39 is 0 Å². The van der Waals surface area contributed by atoms with Crippen molar-refractivity contribution in [1.29, 1.82) is 0 Å². The van der Waals surface area contributed by atoms with Crippen LogP contribution in [-0.2, 0) is 0 Å². The van der Waals surface area contributed by atoms with Crippen LogP contribution in [0.3, 0.4) is 0 Å². The van der Waals surface area contributed by atoms with Gasteiger partial charge in [-0.3, -0.25) is 0 Å². The average Bonchev–Trinajstić information content (AvgIpc) is 2.14. The molecule has 2 heteroatoms. The predicted octanol–water partition coefficient (Wildman–Crippen LogP) is 2.35. The van der Waals surface area contributed by atoms with Crippen molar-refractivity contribution in [3.05, 3.63) is 0 Å². The molecule has 2 nitrogen and oxygen atoms in total. The summed E-state index contributed by atoms with van der Waals surface area (Å²) in [5.74, 6) is 0.719. The van der Waals surface area contributed by atoms with Gasteiger partial charge in [-0.05, 0) is 38.9 Å². The third-order valence-electron chi connectivity index (χ3n) is 2.71. The Labute approximate surface area is 90.1 Å². The first-order valence-electron chi connectivity index (χ1n) is 6.05. The van der Waals surface area contributed by atoms with Crippen molar-refractivity contribution in [1.82, 2.24) is 10.2 Å². The molecule has 0 saturated carbocycles. The molecule has 1 unspecified atom stereocenters. The zero-order valence-electron chi connectivity index (χ0n) is 10.6. The minimum Gasteiger partial charge on any atom is -0.315 e. The third-order valence-corrected chi connectivity index (χ3v) is 2.71. The summed E-state index contributed by atoms with van der Waals surface area (Å²) in [6.07, 6.45) is 2.52. The van der Waals surface area contributed by atoms with Gasteiger partial charge in [0.1, 0.15) is 0 Å². The predicted molar refractivity (Wildman–Crippen MR) is 64.7 cm³/mol. The largest absolute Gasteiger partial charge is 0.315 e. The molecule has 0 spiro atoms. The minimum absolute atomic E-state index is 0.632. The lowest BCUT2D eigenvalue weighted by Gasteiger charge is -2.29. The first-order valence-corrected chi connectivity index (χ1v) is 6.05. The fraction of sp³-hybridized carbons (Fsp3) is 1.00. The molecule has 0 saturated heterocycles. The Bertz CT molecular complexity index is 117. The zero-order chi connectivity index (χ0) is 11.0. The molecule has 0 bridgehead atoms. The smallest absolute Gasteiger partial charge is 0.0214 e. The van der Waals surface area contributed by atoms with Crippen LogP contribution in [0.4, 0.5) is 0 Å². The molecule has 0 aliphatic carbocycles. The number of nitrogens with zero attached hydrogens (tertiary/aromatic N) is 1. The van der Waals surface area contributed by atoms with Crippen molar-refractivity contribution < 1.29 is 0 Å². The summed E-state index contributed by atoms with van der Waals surface area (Å²) in [5.41, 5.74) is 0. The highest BCUT2D eigenvalue weighted by Gasteiger charge is 2.14. The van der Waals surface area contributed by atoms with Gasteiger partial charge in [0.2, 0.25) is 0 Å². The fourth-order valence-corrected chi connectivity index (χ4v) is 1.84. The molecular formula is C12H28N2. The average molecular weight is 200 g/mol. The summed E-state index contributed by atoms with van der Waals surface area (Å²) >= 11 is 0. The van der Waals surface area contributed by atoms with E-state index in [0.29, 0.717) is 6.04 Å². The Morgan fingerprint density at radius 1 is 1.07 bits per heavy atom. The molecule has 0 aromatic carbocycles. The summed E-state index contributed by atoms with van der Waals surface area (Å²) in [7, 11) is 2.07. The highest BCUT2D eigenvalue weighted by Crippen LogP contribution is 2.05. The van der Waals surface area contributed by atoms with Crippen LogP contribution in [0.1, 0.15) is 40.5 Å². The summed E-state index contributed by atoms with van der Waals surface area (Å²) in [5, 5.41) is 3.41. The van der Waals surface area contributed by atoms with Crippen LogP contribution in [0.25, 0.3) is 0 Å². The van der Waals surface area contributed by atoms with Gasteiger partial charge in [0.25, 0.3) is 0 Å². The van der Waals surface area contributed by atoms with Crippen molar-refractivity contribution in [2.75, 3.05) is 26.7 Å². The van der Waals surface area contributed by atoms with E-state index >= 15 is 0 Å². The Hall–Kier alpha value is -0.0800. The van der Waals surface area contributed by atoms with Crippen molar-refractivity contribution in [2.24, 2.45) is 5.92 Å². The Balaban J connectivity index is 3.96. The van der Waals surface area contributed by atoms with Gasteiger partial charge in [-0.2, -0.15) is 0 Å². The highest BCUT2D eigenvalue weighted by atomic mass is 15.1. The van der Waals surface area contributed by atoms with E-state index in [2.05, 4.69) is 45.0 Å². The molecule has 14 heavy (non-hydrogen) atoms. The lowest BCUT2D eigenvalue weighted by atomic mass is 10.0. The van der Waals surface area contributed by atoms with Gasteiger partial charge in [0, 0.05) is 12.6 Å². The van der Waals surface area contributed by atoms with E-state index in [-0.39, 0.29) is 0 Å². The van der Waals surface area contributed by atoms with E-state index in [1.807, 2.05) is 0 Å². The molecule has 86 valence electrons. The van der Waals surface area contributed by atoms with Crippen LogP contribution >= 0.6 is 0 Å². The molecule has 0 fully saturated rings. The molecule has 0 radical (unpaired) electrons. The van der Waals surface area contributed by atoms with E-state index in [0.717, 1.165) is 5.92 Å². The van der Waals surface area contributed by atoms with Crippen LogP contribution in [0.15, 0.2) is 0 Å². The van der Waals surface area contributed by atoms with Crippen LogP contribution in [0.5, 0.6) is 0 Å². The van der Waals surface area contributed by atoms with Crippen LogP contribution in [-0.4, -0.2) is 37.6 Å². The SMILES string of the molecule is CCCN(CCC)CC(NC)C(C)C. The maximum Gasteiger partial charge on any atom is 0.0214 e. The second-order valence-corrected chi connectivity index (χ2v) is 4.44.